The number of aromatic nitrogens is 1. The predicted octanol–water partition coefficient (Wildman–Crippen LogP) is 2.20. The number of pyridine rings is 1. The second-order valence-electron chi connectivity index (χ2n) is 4.01. The van der Waals surface area contributed by atoms with Crippen molar-refractivity contribution in [3.63, 3.8) is 0 Å². The number of hydrogen-bond acceptors (Lipinski definition) is 7. The number of nitrogens with one attached hydrogen (secondary N) is 1. The Hall–Kier alpha value is -3.34. The molecule has 1 aromatic heterocycles. The molecule has 0 saturated heterocycles. The summed E-state index contributed by atoms with van der Waals surface area (Å²) < 4.78 is 5.16. The van der Waals surface area contributed by atoms with Crippen molar-refractivity contribution in [2.45, 2.75) is 0 Å². The van der Waals surface area contributed by atoms with Crippen molar-refractivity contribution in [1.29, 1.82) is 5.26 Å². The highest BCUT2D eigenvalue weighted by atomic mass is 16.6. The summed E-state index contributed by atoms with van der Waals surface area (Å²) in [5, 5.41) is 22.8. The minimum Gasteiger partial charge on any atom is -0.495 e. The number of anilines is 3. The molecule has 0 atom stereocenters. The molecule has 0 aliphatic rings. The van der Waals surface area contributed by atoms with Crippen LogP contribution in [0.4, 0.5) is 23.0 Å². The van der Waals surface area contributed by atoms with Crippen LogP contribution >= 0.6 is 0 Å². The quantitative estimate of drug-likeness (QED) is 0.651. The number of benzene rings is 1. The maximum Gasteiger partial charge on any atom is 0.276 e. The third-order valence-corrected chi connectivity index (χ3v) is 2.66. The maximum atomic E-state index is 10.8. The molecule has 2 rings (SSSR count). The van der Waals surface area contributed by atoms with Gasteiger partial charge in [0.15, 0.2) is 0 Å². The number of para-hydroxylation sites is 1. The van der Waals surface area contributed by atoms with E-state index in [1.165, 1.54) is 13.2 Å². The summed E-state index contributed by atoms with van der Waals surface area (Å²) in [6.45, 7) is 0. The number of nitrogens with zero attached hydrogens (tertiary/aromatic N) is 3. The van der Waals surface area contributed by atoms with Crippen molar-refractivity contribution in [3.8, 4) is 11.8 Å². The topological polar surface area (TPSA) is 127 Å². The monoisotopic (exact) mass is 285 g/mol. The molecule has 0 bridgehead atoms. The predicted molar refractivity (Wildman–Crippen MR) is 76.3 cm³/mol. The third kappa shape index (κ3) is 2.98. The number of nitrogens with two attached hydrogens (primary N) is 1. The minimum absolute atomic E-state index is 0.0000978. The molecule has 3 N–H and O–H groups in total. The van der Waals surface area contributed by atoms with Crippen molar-refractivity contribution in [2.24, 2.45) is 0 Å². The number of methoxy groups -OCH3 is 1. The van der Waals surface area contributed by atoms with Crippen LogP contribution in [0, 0.1) is 21.4 Å². The van der Waals surface area contributed by atoms with Crippen LogP contribution in [-0.4, -0.2) is 17.0 Å². The summed E-state index contributed by atoms with van der Waals surface area (Å²) >= 11 is 0. The van der Waals surface area contributed by atoms with E-state index in [9.17, 15) is 10.1 Å². The Kier molecular flexibility index (Phi) is 3.85. The van der Waals surface area contributed by atoms with E-state index in [1.54, 1.807) is 18.2 Å². The lowest BCUT2D eigenvalue weighted by Gasteiger charge is -2.12. The van der Waals surface area contributed by atoms with Crippen LogP contribution in [0.15, 0.2) is 30.3 Å². The van der Waals surface area contributed by atoms with Crippen LogP contribution in [0.1, 0.15) is 5.56 Å². The highest BCUT2D eigenvalue weighted by Gasteiger charge is 2.14. The van der Waals surface area contributed by atoms with Gasteiger partial charge in [-0.15, -0.1) is 0 Å². The molecule has 0 fully saturated rings. The van der Waals surface area contributed by atoms with E-state index in [1.807, 2.05) is 6.07 Å². The average Bonchev–Trinajstić information content (AvgIpc) is 2.46. The second kappa shape index (κ2) is 5.75. The standard InChI is InChI=1S/C13H11N5O3/c1-21-10-4-2-3-8(7-14)13(10)17-12-6-9(18(19)20)5-11(15)16-12/h2-6H,1H3,(H3,15,16,17). The maximum absolute atomic E-state index is 10.8. The first-order valence-electron chi connectivity index (χ1n) is 5.81. The van der Waals surface area contributed by atoms with Crippen molar-refractivity contribution in [1.82, 2.24) is 4.98 Å². The van der Waals surface area contributed by atoms with E-state index in [2.05, 4.69) is 10.3 Å². The number of ether oxygens (including phenoxy) is 1. The Morgan fingerprint density at radius 2 is 2.24 bits per heavy atom. The van der Waals surface area contributed by atoms with Gasteiger partial charge in [-0.2, -0.15) is 5.26 Å². The Morgan fingerprint density at radius 1 is 1.48 bits per heavy atom. The van der Waals surface area contributed by atoms with E-state index >= 15 is 0 Å². The summed E-state index contributed by atoms with van der Waals surface area (Å²) in [5.74, 6) is 0.573. The number of hydrogen-bond donors (Lipinski definition) is 2. The van der Waals surface area contributed by atoms with Gasteiger partial charge in [0.1, 0.15) is 29.1 Å². The molecule has 0 spiro atoms. The van der Waals surface area contributed by atoms with Crippen molar-refractivity contribution in [2.75, 3.05) is 18.2 Å². The van der Waals surface area contributed by atoms with E-state index in [0.717, 1.165) is 6.07 Å². The van der Waals surface area contributed by atoms with Gasteiger partial charge in [0.25, 0.3) is 5.69 Å². The van der Waals surface area contributed by atoms with E-state index < -0.39 is 4.92 Å². The van der Waals surface area contributed by atoms with Crippen molar-refractivity contribution >= 4 is 23.0 Å². The summed E-state index contributed by atoms with van der Waals surface area (Å²) in [6, 6.07) is 9.29. The van der Waals surface area contributed by atoms with Gasteiger partial charge in [-0.3, -0.25) is 10.1 Å². The highest BCUT2D eigenvalue weighted by Crippen LogP contribution is 2.31. The molecule has 0 radical (unpaired) electrons. The van der Waals surface area contributed by atoms with Crippen LogP contribution in [0.5, 0.6) is 5.75 Å². The molecule has 1 aromatic carbocycles. The van der Waals surface area contributed by atoms with Gasteiger partial charge in [0.2, 0.25) is 0 Å². The zero-order valence-electron chi connectivity index (χ0n) is 11.0. The average molecular weight is 285 g/mol. The summed E-state index contributed by atoms with van der Waals surface area (Å²) in [5.41, 5.74) is 6.04. The lowest BCUT2D eigenvalue weighted by molar-refractivity contribution is -0.384. The molecular weight excluding hydrogens is 274 g/mol. The Bertz CT molecular complexity index is 739. The third-order valence-electron chi connectivity index (χ3n) is 2.66. The van der Waals surface area contributed by atoms with E-state index in [4.69, 9.17) is 15.7 Å². The van der Waals surface area contributed by atoms with Crippen LogP contribution in [0.3, 0.4) is 0 Å². The van der Waals surface area contributed by atoms with Gasteiger partial charge in [-0.25, -0.2) is 4.98 Å². The number of rotatable bonds is 4. The molecule has 21 heavy (non-hydrogen) atoms. The number of nitro groups is 1. The van der Waals surface area contributed by atoms with Gasteiger partial charge in [0.05, 0.1) is 29.7 Å². The molecular formula is C13H11N5O3. The van der Waals surface area contributed by atoms with Crippen molar-refractivity contribution in [3.05, 3.63) is 46.0 Å². The van der Waals surface area contributed by atoms with Crippen LogP contribution in [-0.2, 0) is 0 Å². The summed E-state index contributed by atoms with van der Waals surface area (Å²) in [4.78, 5) is 14.2. The van der Waals surface area contributed by atoms with Gasteiger partial charge in [-0.05, 0) is 12.1 Å². The number of nitriles is 1. The molecule has 2 aromatic rings. The van der Waals surface area contributed by atoms with E-state index in [-0.39, 0.29) is 17.3 Å². The largest absolute Gasteiger partial charge is 0.495 e. The molecule has 0 aliphatic carbocycles. The first-order chi connectivity index (χ1) is 10.0. The lowest BCUT2D eigenvalue weighted by Crippen LogP contribution is -2.02. The van der Waals surface area contributed by atoms with Crippen LogP contribution in [0.25, 0.3) is 0 Å². The molecule has 0 aliphatic heterocycles. The first-order valence-corrected chi connectivity index (χ1v) is 5.81. The second-order valence-corrected chi connectivity index (χ2v) is 4.01. The van der Waals surface area contributed by atoms with E-state index in [0.29, 0.717) is 17.0 Å². The zero-order valence-corrected chi connectivity index (χ0v) is 11.0. The van der Waals surface area contributed by atoms with Crippen LogP contribution < -0.4 is 15.8 Å². The lowest BCUT2D eigenvalue weighted by atomic mass is 10.1. The molecule has 0 amide bonds. The molecule has 0 saturated carbocycles. The molecule has 0 unspecified atom stereocenters. The zero-order chi connectivity index (χ0) is 15.4. The summed E-state index contributed by atoms with van der Waals surface area (Å²) in [7, 11) is 1.46. The SMILES string of the molecule is COc1cccc(C#N)c1Nc1cc([N+](=O)[O-])cc(N)n1. The van der Waals surface area contributed by atoms with Gasteiger partial charge in [-0.1, -0.05) is 6.07 Å². The molecule has 8 heteroatoms. The minimum atomic E-state index is -0.573. The van der Waals surface area contributed by atoms with Gasteiger partial charge in [0, 0.05) is 0 Å². The fourth-order valence-electron chi connectivity index (χ4n) is 1.76. The highest BCUT2D eigenvalue weighted by molar-refractivity contribution is 5.72. The first kappa shape index (κ1) is 14.1. The molecule has 106 valence electrons. The van der Waals surface area contributed by atoms with Gasteiger partial charge < -0.3 is 15.8 Å². The normalized spacial score (nSPS) is 9.71. The Labute approximate surface area is 119 Å². The Morgan fingerprint density at radius 3 is 2.86 bits per heavy atom. The summed E-state index contributed by atoms with van der Waals surface area (Å²) in [6.07, 6.45) is 0. The number of nitrogen functional groups attached to an aromatic ring is 1. The molecule has 8 nitrogen and oxygen atoms in total. The fraction of sp³-hybridized carbons (Fsp3) is 0.0769. The van der Waals surface area contributed by atoms with Crippen LogP contribution in [0.2, 0.25) is 0 Å². The van der Waals surface area contributed by atoms with Gasteiger partial charge >= 0.3 is 0 Å². The Balaban J connectivity index is 2.48. The molecule has 1 heterocycles. The van der Waals surface area contributed by atoms with Crippen molar-refractivity contribution < 1.29 is 9.66 Å². The fourth-order valence-corrected chi connectivity index (χ4v) is 1.76. The smallest absolute Gasteiger partial charge is 0.276 e.